The van der Waals surface area contributed by atoms with E-state index in [9.17, 15) is 5.11 Å². The van der Waals surface area contributed by atoms with E-state index in [2.05, 4.69) is 73.3 Å². The first-order valence-electron chi connectivity index (χ1n) is 5.24. The van der Waals surface area contributed by atoms with E-state index in [4.69, 9.17) is 0 Å². The zero-order valence-electron chi connectivity index (χ0n) is 8.91. The lowest BCUT2D eigenvalue weighted by molar-refractivity contribution is 0.218. The van der Waals surface area contributed by atoms with E-state index in [1.54, 1.807) is 0 Å². The molecule has 2 unspecified atom stereocenters. The van der Waals surface area contributed by atoms with Crippen molar-refractivity contribution in [2.75, 3.05) is 0 Å². The van der Waals surface area contributed by atoms with Gasteiger partial charge >= 0.3 is 0 Å². The molecule has 0 saturated carbocycles. The Balaban J connectivity index is 2.34. The normalized spacial score (nSPS) is 21.2. The highest BCUT2D eigenvalue weighted by atomic mass is 127. The van der Waals surface area contributed by atoms with Crippen molar-refractivity contribution < 1.29 is 5.11 Å². The number of aliphatic hydroxyl groups excluding tert-OH is 1. The number of alkyl halides is 1. The summed E-state index contributed by atoms with van der Waals surface area (Å²) in [7, 11) is 0. The Kier molecular flexibility index (Phi) is 5.08. The molecule has 2 atom stereocenters. The summed E-state index contributed by atoms with van der Waals surface area (Å²) in [5.74, 6) is 0. The summed E-state index contributed by atoms with van der Waals surface area (Å²) in [6, 6.07) is 5.95. The van der Waals surface area contributed by atoms with Crippen molar-refractivity contribution in [2.45, 2.75) is 16.4 Å². The lowest BCUT2D eigenvalue weighted by atomic mass is 9.97. The molecule has 1 aromatic carbocycles. The Hall–Kier alpha value is 0.600. The van der Waals surface area contributed by atoms with Gasteiger partial charge in [-0.2, -0.15) is 0 Å². The smallest absolute Gasteiger partial charge is 0.105 e. The molecule has 0 aliphatic heterocycles. The molecule has 4 heteroatoms. The van der Waals surface area contributed by atoms with Crippen LogP contribution in [0.25, 0.3) is 0 Å². The zero-order valence-corrected chi connectivity index (χ0v) is 14.8. The Morgan fingerprint density at radius 2 is 2.18 bits per heavy atom. The molecule has 1 aliphatic rings. The van der Waals surface area contributed by atoms with Crippen LogP contribution in [0.4, 0.5) is 0 Å². The van der Waals surface area contributed by atoms with Crippen LogP contribution in [-0.4, -0.2) is 9.03 Å². The number of hydrogen-bond donors (Lipinski definition) is 1. The number of aliphatic hydroxyl groups is 1. The van der Waals surface area contributed by atoms with Crippen LogP contribution in [-0.2, 0) is 0 Å². The Morgan fingerprint density at radius 1 is 1.41 bits per heavy atom. The number of hydrogen-bond acceptors (Lipinski definition) is 1. The Morgan fingerprint density at radius 3 is 2.88 bits per heavy atom. The average molecular weight is 517 g/mol. The highest BCUT2D eigenvalue weighted by Crippen LogP contribution is 2.34. The summed E-state index contributed by atoms with van der Waals surface area (Å²) in [5, 5.41) is 10.4. The van der Waals surface area contributed by atoms with Crippen molar-refractivity contribution >= 4 is 61.1 Å². The maximum atomic E-state index is 10.4. The fourth-order valence-electron chi connectivity index (χ4n) is 1.76. The molecule has 0 radical (unpaired) electrons. The van der Waals surface area contributed by atoms with Crippen LogP contribution in [0.3, 0.4) is 0 Å². The van der Waals surface area contributed by atoms with Gasteiger partial charge in [0.1, 0.15) is 6.10 Å². The van der Waals surface area contributed by atoms with Gasteiger partial charge in [-0.25, -0.2) is 0 Å². The number of halogens is 3. The molecule has 0 saturated heterocycles. The Labute approximate surface area is 137 Å². The minimum Gasteiger partial charge on any atom is -0.384 e. The second kappa shape index (κ2) is 6.16. The summed E-state index contributed by atoms with van der Waals surface area (Å²) in [6.45, 7) is 0. The number of rotatable bonds is 2. The van der Waals surface area contributed by atoms with Crippen molar-refractivity contribution in [1.29, 1.82) is 0 Å². The molecule has 0 fully saturated rings. The first-order chi connectivity index (χ1) is 8.09. The molecule has 1 N–H and O–H groups in total. The highest BCUT2D eigenvalue weighted by molar-refractivity contribution is 14.1. The van der Waals surface area contributed by atoms with E-state index in [1.165, 1.54) is 0 Å². The van der Waals surface area contributed by atoms with E-state index in [-0.39, 0.29) is 0 Å². The lowest BCUT2D eigenvalue weighted by Gasteiger charge is -2.18. The van der Waals surface area contributed by atoms with Gasteiger partial charge < -0.3 is 5.11 Å². The topological polar surface area (TPSA) is 20.2 Å². The fourth-order valence-corrected chi connectivity index (χ4v) is 3.47. The largest absolute Gasteiger partial charge is 0.384 e. The minimum absolute atomic E-state index is 0.476. The second-order valence-electron chi connectivity index (χ2n) is 3.87. The second-order valence-corrected chi connectivity index (χ2v) is 7.42. The Bertz CT molecular complexity index is 482. The molecule has 0 spiro atoms. The molecular formula is C13H11BrI2O. The SMILES string of the molecule is OC(C1=CC(I)CC=C1)c1cccc(I)c1Br. The van der Waals surface area contributed by atoms with Crippen molar-refractivity contribution in [2.24, 2.45) is 0 Å². The van der Waals surface area contributed by atoms with Crippen molar-refractivity contribution in [3.05, 3.63) is 55.6 Å². The molecule has 90 valence electrons. The van der Waals surface area contributed by atoms with Crippen molar-refractivity contribution in [3.8, 4) is 0 Å². The summed E-state index contributed by atoms with van der Waals surface area (Å²) >= 11 is 8.19. The third-order valence-corrected chi connectivity index (χ3v) is 6.03. The molecule has 0 heterocycles. The van der Waals surface area contributed by atoms with E-state index < -0.39 is 6.10 Å². The maximum Gasteiger partial charge on any atom is 0.105 e. The predicted molar refractivity (Wildman–Crippen MR) is 91.5 cm³/mol. The predicted octanol–water partition coefficient (Wildman–Crippen LogP) is 4.78. The summed E-state index contributed by atoms with van der Waals surface area (Å²) in [4.78, 5) is 0. The van der Waals surface area contributed by atoms with Crippen LogP contribution < -0.4 is 0 Å². The van der Waals surface area contributed by atoms with Gasteiger partial charge in [-0.05, 0) is 56.6 Å². The van der Waals surface area contributed by atoms with Gasteiger partial charge in [-0.1, -0.05) is 53.0 Å². The third-order valence-electron chi connectivity index (χ3n) is 2.64. The molecular weight excluding hydrogens is 506 g/mol. The number of allylic oxidation sites excluding steroid dienone is 2. The van der Waals surface area contributed by atoms with Gasteiger partial charge in [0.05, 0.1) is 0 Å². The van der Waals surface area contributed by atoms with Crippen LogP contribution in [0.1, 0.15) is 18.1 Å². The van der Waals surface area contributed by atoms with E-state index in [1.807, 2.05) is 24.3 Å². The highest BCUT2D eigenvalue weighted by Gasteiger charge is 2.18. The molecule has 1 aromatic rings. The molecule has 0 bridgehead atoms. The third kappa shape index (κ3) is 3.33. The van der Waals surface area contributed by atoms with Gasteiger partial charge in [-0.3, -0.25) is 0 Å². The van der Waals surface area contributed by atoms with Crippen LogP contribution in [0.5, 0.6) is 0 Å². The summed E-state index contributed by atoms with van der Waals surface area (Å²) < 4.78 is 2.58. The van der Waals surface area contributed by atoms with E-state index in [0.29, 0.717) is 3.92 Å². The van der Waals surface area contributed by atoms with Gasteiger partial charge in [0.15, 0.2) is 0 Å². The standard InChI is InChI=1S/C13H11BrI2O/c14-12-10(5-2-6-11(12)16)13(17)8-3-1-4-9(15)7-8/h1-3,5-7,9,13,17H,4H2. The van der Waals surface area contributed by atoms with Crippen molar-refractivity contribution in [3.63, 3.8) is 0 Å². The summed E-state index contributed by atoms with van der Waals surface area (Å²) in [5.41, 5.74) is 1.91. The van der Waals surface area contributed by atoms with Crippen LogP contribution in [0, 0.1) is 3.57 Å². The monoisotopic (exact) mass is 516 g/mol. The summed E-state index contributed by atoms with van der Waals surface area (Å²) in [6.07, 6.45) is 6.78. The molecule has 1 nitrogen and oxygen atoms in total. The van der Waals surface area contributed by atoms with Crippen LogP contribution in [0.15, 0.2) is 46.5 Å². The molecule has 1 aliphatic carbocycles. The first-order valence-corrected chi connectivity index (χ1v) is 8.35. The molecule has 17 heavy (non-hydrogen) atoms. The first kappa shape index (κ1) is 14.0. The molecule has 0 amide bonds. The van der Waals surface area contributed by atoms with Gasteiger partial charge in [0.25, 0.3) is 0 Å². The molecule has 0 aromatic heterocycles. The fraction of sp³-hybridized carbons (Fsp3) is 0.231. The van der Waals surface area contributed by atoms with Gasteiger partial charge in [-0.15, -0.1) is 0 Å². The van der Waals surface area contributed by atoms with Crippen LogP contribution in [0.2, 0.25) is 0 Å². The van der Waals surface area contributed by atoms with E-state index in [0.717, 1.165) is 25.6 Å². The van der Waals surface area contributed by atoms with Crippen molar-refractivity contribution in [1.82, 2.24) is 0 Å². The average Bonchev–Trinajstić information content (AvgIpc) is 2.32. The minimum atomic E-state index is -0.548. The quantitative estimate of drug-likeness (QED) is 0.443. The zero-order chi connectivity index (χ0) is 12.4. The number of benzene rings is 1. The van der Waals surface area contributed by atoms with Gasteiger partial charge in [0.2, 0.25) is 0 Å². The molecule has 2 rings (SSSR count). The van der Waals surface area contributed by atoms with E-state index >= 15 is 0 Å². The lowest BCUT2D eigenvalue weighted by Crippen LogP contribution is -2.07. The van der Waals surface area contributed by atoms with Gasteiger partial charge in [0, 0.05) is 17.5 Å². The van der Waals surface area contributed by atoms with Crippen LogP contribution >= 0.6 is 61.1 Å². The maximum absolute atomic E-state index is 10.4.